The van der Waals surface area contributed by atoms with Crippen LogP contribution in [0.15, 0.2) is 24.3 Å². The quantitative estimate of drug-likeness (QED) is 0.840. The average Bonchev–Trinajstić information content (AvgIpc) is 2.36. The summed E-state index contributed by atoms with van der Waals surface area (Å²) >= 11 is 1.61. The molecule has 2 N–H and O–H groups in total. The monoisotopic (exact) mass is 279 g/mol. The zero-order valence-corrected chi connectivity index (χ0v) is 12.1. The lowest BCUT2D eigenvalue weighted by Crippen LogP contribution is -2.56. The van der Waals surface area contributed by atoms with Crippen molar-refractivity contribution in [1.82, 2.24) is 5.32 Å². The molecule has 0 heterocycles. The maximum absolute atomic E-state index is 11.8. The molecule has 0 atom stereocenters. The third-order valence-electron chi connectivity index (χ3n) is 3.64. The zero-order chi connectivity index (χ0) is 13.7. The number of amides is 1. The van der Waals surface area contributed by atoms with E-state index in [0.717, 1.165) is 25.0 Å². The molecule has 1 saturated carbocycles. The second kappa shape index (κ2) is 6.44. The molecule has 1 fully saturated rings. The molecule has 19 heavy (non-hydrogen) atoms. The molecule has 1 aliphatic rings. The number of nitrogens with one attached hydrogen (secondary N) is 1. The van der Waals surface area contributed by atoms with Crippen LogP contribution in [0.4, 0.5) is 0 Å². The van der Waals surface area contributed by atoms with Crippen molar-refractivity contribution in [3.8, 4) is 0 Å². The van der Waals surface area contributed by atoms with Crippen molar-refractivity contribution in [3.63, 3.8) is 0 Å². The molecule has 2 rings (SSSR count). The van der Waals surface area contributed by atoms with Gasteiger partial charge in [-0.1, -0.05) is 29.8 Å². The number of benzene rings is 1. The van der Waals surface area contributed by atoms with Crippen LogP contribution in [-0.2, 0) is 10.5 Å². The second-order valence-corrected chi connectivity index (χ2v) is 6.30. The molecule has 104 valence electrons. The number of aliphatic hydroxyl groups is 1. The van der Waals surface area contributed by atoms with Crippen LogP contribution in [0.5, 0.6) is 0 Å². The fourth-order valence-electron chi connectivity index (χ4n) is 2.20. The summed E-state index contributed by atoms with van der Waals surface area (Å²) < 4.78 is 0. The maximum atomic E-state index is 11.8. The summed E-state index contributed by atoms with van der Waals surface area (Å²) in [5.41, 5.74) is 2.17. The van der Waals surface area contributed by atoms with Gasteiger partial charge in [-0.3, -0.25) is 4.79 Å². The minimum atomic E-state index is -0.318. The Morgan fingerprint density at radius 2 is 2.05 bits per heavy atom. The van der Waals surface area contributed by atoms with E-state index < -0.39 is 0 Å². The van der Waals surface area contributed by atoms with Crippen molar-refractivity contribution >= 4 is 17.7 Å². The molecule has 1 aromatic rings. The molecule has 1 aromatic carbocycles. The van der Waals surface area contributed by atoms with Gasteiger partial charge < -0.3 is 10.4 Å². The smallest absolute Gasteiger partial charge is 0.230 e. The molecule has 0 aliphatic heterocycles. The molecule has 4 heteroatoms. The molecule has 3 nitrogen and oxygen atoms in total. The molecular formula is C15H21NO2S. The highest BCUT2D eigenvalue weighted by molar-refractivity contribution is 7.99. The lowest BCUT2D eigenvalue weighted by molar-refractivity contribution is -0.122. The van der Waals surface area contributed by atoms with E-state index in [0.29, 0.717) is 5.75 Å². The van der Waals surface area contributed by atoms with Crippen LogP contribution in [-0.4, -0.2) is 28.9 Å². The normalized spacial score (nSPS) is 16.7. The van der Waals surface area contributed by atoms with Gasteiger partial charge in [-0.15, -0.1) is 11.8 Å². The van der Waals surface area contributed by atoms with Gasteiger partial charge in [0.2, 0.25) is 5.91 Å². The summed E-state index contributed by atoms with van der Waals surface area (Å²) in [6.07, 6.45) is 2.90. The molecule has 0 radical (unpaired) electrons. The van der Waals surface area contributed by atoms with Gasteiger partial charge in [0.05, 0.1) is 17.9 Å². The third kappa shape index (κ3) is 3.98. The standard InChI is InChI=1S/C15H21NO2S/c1-12-3-5-13(6-4-12)9-19-10-14(18)16-15(11-17)7-2-8-15/h3-6,17H,2,7-11H2,1H3,(H,16,18). The molecule has 0 aromatic heterocycles. The van der Waals surface area contributed by atoms with Crippen LogP contribution in [0, 0.1) is 6.92 Å². The molecular weight excluding hydrogens is 258 g/mol. The van der Waals surface area contributed by atoms with E-state index in [1.807, 2.05) is 0 Å². The first-order valence-corrected chi connectivity index (χ1v) is 7.84. The second-order valence-electron chi connectivity index (χ2n) is 5.32. The Labute approximate surface area is 118 Å². The van der Waals surface area contributed by atoms with E-state index >= 15 is 0 Å². The minimum Gasteiger partial charge on any atom is -0.394 e. The van der Waals surface area contributed by atoms with E-state index in [2.05, 4.69) is 36.5 Å². The Kier molecular flexibility index (Phi) is 4.88. The van der Waals surface area contributed by atoms with Gasteiger partial charge >= 0.3 is 0 Å². The van der Waals surface area contributed by atoms with Crippen molar-refractivity contribution in [1.29, 1.82) is 0 Å². The lowest BCUT2D eigenvalue weighted by Gasteiger charge is -2.40. The highest BCUT2D eigenvalue weighted by Gasteiger charge is 2.37. The molecule has 0 bridgehead atoms. The fraction of sp³-hybridized carbons (Fsp3) is 0.533. The van der Waals surface area contributed by atoms with E-state index in [1.54, 1.807) is 11.8 Å². The lowest BCUT2D eigenvalue weighted by atomic mass is 9.77. The van der Waals surface area contributed by atoms with Crippen LogP contribution in [0.2, 0.25) is 0 Å². The van der Waals surface area contributed by atoms with Gasteiger partial charge in [-0.05, 0) is 31.7 Å². The van der Waals surface area contributed by atoms with E-state index in [1.165, 1.54) is 11.1 Å². The maximum Gasteiger partial charge on any atom is 0.230 e. The minimum absolute atomic E-state index is 0.0332. The molecule has 0 unspecified atom stereocenters. The van der Waals surface area contributed by atoms with Crippen molar-refractivity contribution in [3.05, 3.63) is 35.4 Å². The summed E-state index contributed by atoms with van der Waals surface area (Å²) in [5.74, 6) is 1.33. The third-order valence-corrected chi connectivity index (χ3v) is 4.64. The first kappa shape index (κ1) is 14.4. The molecule has 1 amide bonds. The number of carbonyl (C=O) groups is 1. The number of aliphatic hydroxyl groups excluding tert-OH is 1. The van der Waals surface area contributed by atoms with Crippen LogP contribution in [0.3, 0.4) is 0 Å². The summed E-state index contributed by atoms with van der Waals surface area (Å²) in [7, 11) is 0. The summed E-state index contributed by atoms with van der Waals surface area (Å²) in [6.45, 7) is 2.12. The topological polar surface area (TPSA) is 49.3 Å². The summed E-state index contributed by atoms with van der Waals surface area (Å²) in [5, 5.41) is 12.3. The Bertz CT molecular complexity index is 421. The fourth-order valence-corrected chi connectivity index (χ4v) is 2.99. The number of hydrogen-bond acceptors (Lipinski definition) is 3. The van der Waals surface area contributed by atoms with Crippen LogP contribution >= 0.6 is 11.8 Å². The first-order chi connectivity index (χ1) is 9.13. The SMILES string of the molecule is Cc1ccc(CSCC(=O)NC2(CO)CCC2)cc1. The van der Waals surface area contributed by atoms with Gasteiger partial charge in [-0.2, -0.15) is 0 Å². The highest BCUT2D eigenvalue weighted by Crippen LogP contribution is 2.31. The van der Waals surface area contributed by atoms with Crippen LogP contribution < -0.4 is 5.32 Å². The summed E-state index contributed by atoms with van der Waals surface area (Å²) in [4.78, 5) is 11.8. The Morgan fingerprint density at radius 3 is 2.58 bits per heavy atom. The van der Waals surface area contributed by atoms with Crippen molar-refractivity contribution in [2.75, 3.05) is 12.4 Å². The number of hydrogen-bond donors (Lipinski definition) is 2. The predicted octanol–water partition coefficient (Wildman–Crippen LogP) is 2.26. The average molecular weight is 279 g/mol. The van der Waals surface area contributed by atoms with Crippen molar-refractivity contribution in [2.24, 2.45) is 0 Å². The summed E-state index contributed by atoms with van der Waals surface area (Å²) in [6, 6.07) is 8.37. The Hall–Kier alpha value is -1.00. The molecule has 0 spiro atoms. The van der Waals surface area contributed by atoms with Gasteiger partial charge in [-0.25, -0.2) is 0 Å². The Balaban J connectivity index is 1.70. The highest BCUT2D eigenvalue weighted by atomic mass is 32.2. The molecule has 1 aliphatic carbocycles. The predicted molar refractivity (Wildman–Crippen MR) is 79.2 cm³/mol. The van der Waals surface area contributed by atoms with Gasteiger partial charge in [0.15, 0.2) is 0 Å². The van der Waals surface area contributed by atoms with Crippen LogP contribution in [0.1, 0.15) is 30.4 Å². The Morgan fingerprint density at radius 1 is 1.37 bits per heavy atom. The van der Waals surface area contributed by atoms with Gasteiger partial charge in [0, 0.05) is 5.75 Å². The number of thioether (sulfide) groups is 1. The zero-order valence-electron chi connectivity index (χ0n) is 11.3. The van der Waals surface area contributed by atoms with Gasteiger partial charge in [0.25, 0.3) is 0 Å². The van der Waals surface area contributed by atoms with Gasteiger partial charge in [0.1, 0.15) is 0 Å². The van der Waals surface area contributed by atoms with Crippen molar-refractivity contribution < 1.29 is 9.90 Å². The first-order valence-electron chi connectivity index (χ1n) is 6.69. The largest absolute Gasteiger partial charge is 0.394 e. The van der Waals surface area contributed by atoms with E-state index in [9.17, 15) is 9.90 Å². The molecule has 0 saturated heterocycles. The van der Waals surface area contributed by atoms with E-state index in [4.69, 9.17) is 0 Å². The number of aryl methyl sites for hydroxylation is 1. The number of rotatable bonds is 6. The number of carbonyl (C=O) groups excluding carboxylic acids is 1. The van der Waals surface area contributed by atoms with Crippen molar-refractivity contribution in [2.45, 2.75) is 37.5 Å². The van der Waals surface area contributed by atoms with E-state index in [-0.39, 0.29) is 18.1 Å². The van der Waals surface area contributed by atoms with Crippen LogP contribution in [0.25, 0.3) is 0 Å².